The van der Waals surface area contributed by atoms with Gasteiger partial charge in [0.2, 0.25) is 6.79 Å². The van der Waals surface area contributed by atoms with E-state index in [1.807, 2.05) is 49.5 Å². The van der Waals surface area contributed by atoms with E-state index in [0.29, 0.717) is 6.54 Å². The van der Waals surface area contributed by atoms with E-state index in [1.165, 1.54) is 0 Å². The average molecular weight is 350 g/mol. The van der Waals surface area contributed by atoms with Gasteiger partial charge in [-0.15, -0.1) is 0 Å². The molecule has 110 valence electrons. The predicted octanol–water partition coefficient (Wildman–Crippen LogP) is 3.25. The first-order valence-corrected chi connectivity index (χ1v) is 7.38. The van der Waals surface area contributed by atoms with Gasteiger partial charge in [0.25, 0.3) is 0 Å². The van der Waals surface area contributed by atoms with Crippen LogP contribution < -0.4 is 19.7 Å². The summed E-state index contributed by atoms with van der Waals surface area (Å²) in [5, 5.41) is 3.35. The second-order valence-corrected chi connectivity index (χ2v) is 5.82. The van der Waals surface area contributed by atoms with Crippen molar-refractivity contribution in [2.24, 2.45) is 0 Å². The molecular weight excluding hydrogens is 334 g/mol. The van der Waals surface area contributed by atoms with Crippen molar-refractivity contribution < 1.29 is 9.47 Å². The molecule has 0 radical (unpaired) electrons. The minimum Gasteiger partial charge on any atom is -0.454 e. The van der Waals surface area contributed by atoms with E-state index in [4.69, 9.17) is 9.47 Å². The van der Waals surface area contributed by atoms with Crippen LogP contribution in [0.2, 0.25) is 0 Å². The largest absolute Gasteiger partial charge is 0.454 e. The van der Waals surface area contributed by atoms with E-state index in [-0.39, 0.29) is 6.79 Å². The number of anilines is 2. The van der Waals surface area contributed by atoms with Crippen molar-refractivity contribution in [2.45, 2.75) is 6.54 Å². The van der Waals surface area contributed by atoms with Gasteiger partial charge in [-0.3, -0.25) is 0 Å². The van der Waals surface area contributed by atoms with Crippen molar-refractivity contribution in [1.29, 1.82) is 0 Å². The lowest BCUT2D eigenvalue weighted by molar-refractivity contribution is 0.173. The molecule has 0 bridgehead atoms. The Morgan fingerprint density at radius 3 is 2.86 bits per heavy atom. The molecule has 1 N–H and O–H groups in total. The molecule has 2 aromatic rings. The summed E-state index contributed by atoms with van der Waals surface area (Å²) in [6.07, 6.45) is 1.83. The van der Waals surface area contributed by atoms with E-state index in [1.54, 1.807) is 0 Å². The normalized spacial score (nSPS) is 12.3. The second kappa shape index (κ2) is 5.81. The number of nitrogens with one attached hydrogen (secondary N) is 1. The molecule has 0 unspecified atom stereocenters. The summed E-state index contributed by atoms with van der Waals surface area (Å²) in [5.41, 5.74) is 2.09. The van der Waals surface area contributed by atoms with Gasteiger partial charge in [-0.2, -0.15) is 0 Å². The lowest BCUT2D eigenvalue weighted by Crippen LogP contribution is -2.10. The monoisotopic (exact) mass is 349 g/mol. The van der Waals surface area contributed by atoms with Crippen LogP contribution in [-0.2, 0) is 6.54 Å². The Morgan fingerprint density at radius 1 is 1.29 bits per heavy atom. The number of rotatable bonds is 4. The van der Waals surface area contributed by atoms with Gasteiger partial charge in [-0.05, 0) is 45.8 Å². The van der Waals surface area contributed by atoms with Crippen LogP contribution in [0, 0.1) is 0 Å². The van der Waals surface area contributed by atoms with Crippen LogP contribution in [0.3, 0.4) is 0 Å². The molecular formula is C15H16BrN3O2. The molecule has 0 saturated carbocycles. The number of aromatic nitrogens is 1. The van der Waals surface area contributed by atoms with E-state index in [2.05, 4.69) is 26.2 Å². The fourth-order valence-corrected chi connectivity index (χ4v) is 2.69. The zero-order chi connectivity index (χ0) is 14.8. The highest BCUT2D eigenvalue weighted by Crippen LogP contribution is 2.40. The van der Waals surface area contributed by atoms with Crippen molar-refractivity contribution in [2.75, 3.05) is 31.1 Å². The fraction of sp³-hybridized carbons (Fsp3) is 0.267. The van der Waals surface area contributed by atoms with Crippen molar-refractivity contribution in [3.05, 3.63) is 40.5 Å². The van der Waals surface area contributed by atoms with E-state index in [9.17, 15) is 0 Å². The molecule has 3 rings (SSSR count). The summed E-state index contributed by atoms with van der Waals surface area (Å²) in [6, 6.07) is 8.02. The standard InChI is InChI=1S/C15H16BrN3O2/c1-19(2)14-4-3-11(8-18-14)17-7-10-5-12(16)15-13(6-10)20-9-21-15/h3-6,8,17H,7,9H2,1-2H3. The minimum atomic E-state index is 0.279. The first-order valence-electron chi connectivity index (χ1n) is 6.59. The third-order valence-electron chi connectivity index (χ3n) is 3.19. The zero-order valence-corrected chi connectivity index (χ0v) is 13.5. The summed E-state index contributed by atoms with van der Waals surface area (Å²) < 4.78 is 11.7. The maximum atomic E-state index is 5.42. The number of hydrogen-bond acceptors (Lipinski definition) is 5. The highest BCUT2D eigenvalue weighted by molar-refractivity contribution is 9.10. The van der Waals surface area contributed by atoms with Crippen LogP contribution in [0.1, 0.15) is 5.56 Å². The highest BCUT2D eigenvalue weighted by atomic mass is 79.9. The lowest BCUT2D eigenvalue weighted by atomic mass is 10.2. The molecule has 21 heavy (non-hydrogen) atoms. The Hall–Kier alpha value is -1.95. The second-order valence-electron chi connectivity index (χ2n) is 4.96. The minimum absolute atomic E-state index is 0.279. The van der Waals surface area contributed by atoms with Gasteiger partial charge in [-0.1, -0.05) is 0 Å². The van der Waals surface area contributed by atoms with Crippen LogP contribution in [0.4, 0.5) is 11.5 Å². The highest BCUT2D eigenvalue weighted by Gasteiger charge is 2.17. The molecule has 0 saturated heterocycles. The maximum absolute atomic E-state index is 5.42. The van der Waals surface area contributed by atoms with Gasteiger partial charge >= 0.3 is 0 Å². The lowest BCUT2D eigenvalue weighted by Gasteiger charge is -2.12. The van der Waals surface area contributed by atoms with Gasteiger partial charge in [0, 0.05) is 20.6 Å². The molecule has 5 nitrogen and oxygen atoms in total. The van der Waals surface area contributed by atoms with Crippen molar-refractivity contribution >= 4 is 27.4 Å². The fourth-order valence-electron chi connectivity index (χ4n) is 2.08. The third kappa shape index (κ3) is 3.05. The number of benzene rings is 1. The van der Waals surface area contributed by atoms with Gasteiger partial charge in [-0.25, -0.2) is 4.98 Å². The molecule has 0 aliphatic carbocycles. The number of hydrogen-bond donors (Lipinski definition) is 1. The Labute approximate surface area is 132 Å². The molecule has 0 fully saturated rings. The maximum Gasteiger partial charge on any atom is 0.231 e. The Balaban J connectivity index is 1.69. The summed E-state index contributed by atoms with van der Waals surface area (Å²) in [6.45, 7) is 0.971. The van der Waals surface area contributed by atoms with E-state index < -0.39 is 0 Å². The SMILES string of the molecule is CN(C)c1ccc(NCc2cc(Br)c3c(c2)OCO3)cn1. The first kappa shape index (κ1) is 14.0. The van der Waals surface area contributed by atoms with Crippen LogP contribution in [0.15, 0.2) is 34.9 Å². The van der Waals surface area contributed by atoms with E-state index >= 15 is 0 Å². The van der Waals surface area contributed by atoms with Gasteiger partial charge in [0.1, 0.15) is 5.82 Å². The quantitative estimate of drug-likeness (QED) is 0.917. The molecule has 1 aromatic heterocycles. The van der Waals surface area contributed by atoms with Crippen LogP contribution in [-0.4, -0.2) is 25.9 Å². The van der Waals surface area contributed by atoms with E-state index in [0.717, 1.165) is 33.0 Å². The molecule has 1 aliphatic rings. The van der Waals surface area contributed by atoms with Crippen molar-refractivity contribution in [3.63, 3.8) is 0 Å². The molecule has 2 heterocycles. The van der Waals surface area contributed by atoms with Gasteiger partial charge in [0.05, 0.1) is 16.4 Å². The molecule has 1 aliphatic heterocycles. The van der Waals surface area contributed by atoms with Crippen LogP contribution in [0.5, 0.6) is 11.5 Å². The summed E-state index contributed by atoms with van der Waals surface area (Å²) in [5.74, 6) is 2.49. The Morgan fingerprint density at radius 2 is 2.14 bits per heavy atom. The molecule has 0 atom stereocenters. The third-order valence-corrected chi connectivity index (χ3v) is 3.78. The summed E-state index contributed by atoms with van der Waals surface area (Å²) >= 11 is 3.50. The van der Waals surface area contributed by atoms with Crippen LogP contribution in [0.25, 0.3) is 0 Å². The Bertz CT molecular complexity index is 644. The summed E-state index contributed by atoms with van der Waals surface area (Å²) in [4.78, 5) is 6.35. The Kier molecular flexibility index (Phi) is 3.88. The zero-order valence-electron chi connectivity index (χ0n) is 11.9. The van der Waals surface area contributed by atoms with Crippen molar-refractivity contribution in [1.82, 2.24) is 4.98 Å². The number of halogens is 1. The molecule has 0 spiro atoms. The topological polar surface area (TPSA) is 46.6 Å². The number of pyridine rings is 1. The van der Waals surface area contributed by atoms with Crippen molar-refractivity contribution in [3.8, 4) is 11.5 Å². The smallest absolute Gasteiger partial charge is 0.231 e. The van der Waals surface area contributed by atoms with Crippen LogP contribution >= 0.6 is 15.9 Å². The molecule has 0 amide bonds. The number of nitrogens with zero attached hydrogens (tertiary/aromatic N) is 2. The average Bonchev–Trinajstić information content (AvgIpc) is 2.94. The summed E-state index contributed by atoms with van der Waals surface area (Å²) in [7, 11) is 3.94. The van der Waals surface area contributed by atoms with Gasteiger partial charge < -0.3 is 19.7 Å². The van der Waals surface area contributed by atoms with Gasteiger partial charge in [0.15, 0.2) is 11.5 Å². The number of fused-ring (bicyclic) bond motifs is 1. The number of ether oxygens (including phenoxy) is 2. The first-order chi connectivity index (χ1) is 10.1. The predicted molar refractivity (Wildman–Crippen MR) is 86.2 cm³/mol. The molecule has 6 heteroatoms. The molecule has 1 aromatic carbocycles.